The van der Waals surface area contributed by atoms with Crippen molar-refractivity contribution in [1.29, 1.82) is 0 Å². The number of carboxylic acid groups (broad SMARTS) is 1. The molecule has 1 amide bonds. The fraction of sp³-hybridized carbons (Fsp3) is 0.562. The lowest BCUT2D eigenvalue weighted by atomic mass is 9.92. The quantitative estimate of drug-likeness (QED) is 0.256. The molecule has 38 heavy (non-hydrogen) atoms. The number of unbranched alkanes of at least 4 members (excludes halogenated alkanes) is 1. The predicted octanol–water partition coefficient (Wildman–Crippen LogP) is 6.97. The molecule has 0 radical (unpaired) electrons. The van der Waals surface area contributed by atoms with E-state index < -0.39 is 12.0 Å². The summed E-state index contributed by atoms with van der Waals surface area (Å²) in [4.78, 5) is 27.8. The Hall–Kier alpha value is -2.31. The number of nitrogens with zero attached hydrogens (tertiary/aromatic N) is 1. The highest BCUT2D eigenvalue weighted by Gasteiger charge is 2.23. The van der Waals surface area contributed by atoms with Gasteiger partial charge in [0.15, 0.2) is 0 Å². The van der Waals surface area contributed by atoms with Crippen LogP contribution in [0.15, 0.2) is 42.5 Å². The molecule has 1 aliphatic carbocycles. The van der Waals surface area contributed by atoms with Gasteiger partial charge in [0.2, 0.25) is 0 Å². The van der Waals surface area contributed by atoms with Gasteiger partial charge in [-0.15, -0.1) is 0 Å². The van der Waals surface area contributed by atoms with Crippen molar-refractivity contribution in [2.24, 2.45) is 0 Å². The van der Waals surface area contributed by atoms with Crippen LogP contribution >= 0.6 is 11.8 Å². The SMILES string of the molecule is CCCCN(CCCc1ccc(C(=O)NC(CCSC)C(=O)O)c(-c2ccccc2C)c1)C1CCCCC1. The summed E-state index contributed by atoms with van der Waals surface area (Å²) in [6.07, 6.45) is 13.6. The second-order valence-electron chi connectivity index (χ2n) is 10.6. The smallest absolute Gasteiger partial charge is 0.326 e. The summed E-state index contributed by atoms with van der Waals surface area (Å²) in [5.41, 5.74) is 4.74. The first-order valence-electron chi connectivity index (χ1n) is 14.4. The van der Waals surface area contributed by atoms with E-state index in [1.807, 2.05) is 36.6 Å². The minimum atomic E-state index is -0.993. The molecule has 0 heterocycles. The van der Waals surface area contributed by atoms with E-state index in [-0.39, 0.29) is 5.91 Å². The van der Waals surface area contributed by atoms with E-state index in [1.54, 1.807) is 11.8 Å². The summed E-state index contributed by atoms with van der Waals surface area (Å²) in [5.74, 6) is -0.643. The number of carbonyl (C=O) groups is 2. The number of amides is 1. The van der Waals surface area contributed by atoms with Gasteiger partial charge in [-0.25, -0.2) is 4.79 Å². The van der Waals surface area contributed by atoms with Crippen molar-refractivity contribution in [2.45, 2.75) is 90.1 Å². The van der Waals surface area contributed by atoms with Gasteiger partial charge in [0, 0.05) is 11.6 Å². The van der Waals surface area contributed by atoms with Crippen molar-refractivity contribution in [3.05, 3.63) is 59.2 Å². The maximum atomic E-state index is 13.3. The van der Waals surface area contributed by atoms with Crippen LogP contribution in [0.1, 0.15) is 86.2 Å². The molecule has 1 unspecified atom stereocenters. The monoisotopic (exact) mass is 538 g/mol. The van der Waals surface area contributed by atoms with Gasteiger partial charge in [0.05, 0.1) is 0 Å². The molecule has 3 rings (SSSR count). The number of aliphatic carboxylic acids is 1. The first kappa shape index (κ1) is 30.2. The second kappa shape index (κ2) is 15.9. The first-order valence-corrected chi connectivity index (χ1v) is 15.8. The third-order valence-corrected chi connectivity index (χ3v) is 8.42. The van der Waals surface area contributed by atoms with E-state index in [1.165, 1.54) is 57.1 Å². The number of carboxylic acids is 1. The minimum Gasteiger partial charge on any atom is -0.480 e. The van der Waals surface area contributed by atoms with Crippen LogP contribution in [-0.4, -0.2) is 59.1 Å². The Labute approximate surface area is 233 Å². The van der Waals surface area contributed by atoms with Crippen LogP contribution in [0.25, 0.3) is 11.1 Å². The van der Waals surface area contributed by atoms with E-state index in [0.29, 0.717) is 17.7 Å². The van der Waals surface area contributed by atoms with Crippen LogP contribution in [0, 0.1) is 6.92 Å². The van der Waals surface area contributed by atoms with Crippen molar-refractivity contribution < 1.29 is 14.7 Å². The second-order valence-corrected chi connectivity index (χ2v) is 11.6. The number of hydrogen-bond donors (Lipinski definition) is 2. The lowest BCUT2D eigenvalue weighted by molar-refractivity contribution is -0.139. The highest BCUT2D eigenvalue weighted by atomic mass is 32.2. The first-order chi connectivity index (χ1) is 18.4. The zero-order valence-corrected chi connectivity index (χ0v) is 24.3. The summed E-state index contributed by atoms with van der Waals surface area (Å²) in [6, 6.07) is 14.0. The van der Waals surface area contributed by atoms with Crippen LogP contribution < -0.4 is 5.32 Å². The number of rotatable bonds is 15. The van der Waals surface area contributed by atoms with Crippen molar-refractivity contribution >= 4 is 23.6 Å². The predicted molar refractivity (Wildman–Crippen MR) is 160 cm³/mol. The van der Waals surface area contributed by atoms with E-state index in [0.717, 1.165) is 42.1 Å². The maximum absolute atomic E-state index is 13.3. The standard InChI is InChI=1S/C32H46N2O3S/c1-4-5-20-34(26-14-7-6-8-15-26)21-11-13-25-17-18-28(29(23-25)27-16-10-9-12-24(27)2)31(35)33-30(32(36)37)19-22-38-3/h9-10,12,16-18,23,26,30H,4-8,11,13-15,19-22H2,1-3H3,(H,33,35)(H,36,37). The Morgan fingerprint density at radius 3 is 2.47 bits per heavy atom. The zero-order valence-electron chi connectivity index (χ0n) is 23.5. The maximum Gasteiger partial charge on any atom is 0.326 e. The third-order valence-electron chi connectivity index (χ3n) is 7.78. The molecule has 2 aromatic rings. The molecule has 0 saturated heterocycles. The van der Waals surface area contributed by atoms with Gasteiger partial charge < -0.3 is 15.3 Å². The normalized spacial score (nSPS) is 14.9. The summed E-state index contributed by atoms with van der Waals surface area (Å²) >= 11 is 1.58. The number of aryl methyl sites for hydroxylation is 2. The average Bonchev–Trinajstić information content (AvgIpc) is 2.93. The van der Waals surface area contributed by atoms with Gasteiger partial charge in [0.1, 0.15) is 6.04 Å². The van der Waals surface area contributed by atoms with Gasteiger partial charge in [-0.3, -0.25) is 4.79 Å². The van der Waals surface area contributed by atoms with E-state index in [9.17, 15) is 14.7 Å². The molecule has 0 spiro atoms. The summed E-state index contributed by atoms with van der Waals surface area (Å²) in [5, 5.41) is 12.4. The topological polar surface area (TPSA) is 69.6 Å². The number of carbonyl (C=O) groups excluding carboxylic acids is 1. The fourth-order valence-corrected chi connectivity index (χ4v) is 6.01. The molecule has 0 bridgehead atoms. The average molecular weight is 539 g/mol. The van der Waals surface area contributed by atoms with Gasteiger partial charge in [-0.1, -0.05) is 69.0 Å². The molecule has 208 valence electrons. The molecule has 5 nitrogen and oxygen atoms in total. The molecule has 1 saturated carbocycles. The number of benzene rings is 2. The van der Waals surface area contributed by atoms with Gasteiger partial charge in [0.25, 0.3) is 5.91 Å². The molecule has 1 aliphatic rings. The molecular formula is C32H46N2O3S. The molecule has 0 aromatic heterocycles. The summed E-state index contributed by atoms with van der Waals surface area (Å²) in [6.45, 7) is 6.63. The largest absolute Gasteiger partial charge is 0.480 e. The van der Waals surface area contributed by atoms with Gasteiger partial charge in [-0.2, -0.15) is 11.8 Å². The van der Waals surface area contributed by atoms with Gasteiger partial charge in [-0.05, 0) is 98.9 Å². The molecular weight excluding hydrogens is 492 g/mol. The summed E-state index contributed by atoms with van der Waals surface area (Å²) < 4.78 is 0. The highest BCUT2D eigenvalue weighted by molar-refractivity contribution is 7.98. The van der Waals surface area contributed by atoms with Crippen LogP contribution in [0.2, 0.25) is 0 Å². The Balaban J connectivity index is 1.78. The molecule has 0 aliphatic heterocycles. The number of hydrogen-bond acceptors (Lipinski definition) is 4. The molecule has 6 heteroatoms. The van der Waals surface area contributed by atoms with Gasteiger partial charge >= 0.3 is 5.97 Å². The van der Waals surface area contributed by atoms with E-state index in [2.05, 4.69) is 36.2 Å². The van der Waals surface area contributed by atoms with Crippen LogP contribution in [0.5, 0.6) is 0 Å². The van der Waals surface area contributed by atoms with E-state index >= 15 is 0 Å². The number of nitrogens with one attached hydrogen (secondary N) is 1. The van der Waals surface area contributed by atoms with Crippen LogP contribution in [0.3, 0.4) is 0 Å². The zero-order chi connectivity index (χ0) is 27.3. The van der Waals surface area contributed by atoms with Crippen LogP contribution in [0.4, 0.5) is 0 Å². The third kappa shape index (κ3) is 8.88. The Bertz CT molecular complexity index is 1040. The van der Waals surface area contributed by atoms with Crippen LogP contribution in [-0.2, 0) is 11.2 Å². The lowest BCUT2D eigenvalue weighted by Gasteiger charge is -2.34. The van der Waals surface area contributed by atoms with Crippen molar-refractivity contribution in [2.75, 3.05) is 25.1 Å². The fourth-order valence-electron chi connectivity index (χ4n) is 5.54. The Kier molecular flexibility index (Phi) is 12.7. The van der Waals surface area contributed by atoms with E-state index in [4.69, 9.17) is 0 Å². The Morgan fingerprint density at radius 1 is 1.05 bits per heavy atom. The van der Waals surface area contributed by atoms with Crippen molar-refractivity contribution in [1.82, 2.24) is 10.2 Å². The summed E-state index contributed by atoms with van der Waals surface area (Å²) in [7, 11) is 0. The van der Waals surface area contributed by atoms with Crippen molar-refractivity contribution in [3.63, 3.8) is 0 Å². The molecule has 2 aromatic carbocycles. The lowest BCUT2D eigenvalue weighted by Crippen LogP contribution is -2.41. The molecule has 1 fully saturated rings. The highest BCUT2D eigenvalue weighted by Crippen LogP contribution is 2.29. The molecule has 1 atom stereocenters. The Morgan fingerprint density at radius 2 is 1.79 bits per heavy atom. The molecule has 2 N–H and O–H groups in total. The number of thioether (sulfide) groups is 1. The minimum absolute atomic E-state index is 0.327. The van der Waals surface area contributed by atoms with Crippen molar-refractivity contribution in [3.8, 4) is 11.1 Å².